The fourth-order valence-corrected chi connectivity index (χ4v) is 4.30. The number of hydrogen-bond acceptors (Lipinski definition) is 2. The SMILES string of the molecule is CCC1(CN2C(=O)C(C)NC2C2CCCC2)CCC1. The van der Waals surface area contributed by atoms with Crippen LogP contribution >= 0.6 is 0 Å². The van der Waals surface area contributed by atoms with Crippen LogP contribution in [0, 0.1) is 11.3 Å². The van der Waals surface area contributed by atoms with E-state index < -0.39 is 0 Å². The van der Waals surface area contributed by atoms with E-state index in [1.54, 1.807) is 0 Å². The van der Waals surface area contributed by atoms with Crippen molar-refractivity contribution in [3.63, 3.8) is 0 Å². The molecular weight excluding hydrogens is 236 g/mol. The number of nitrogens with zero attached hydrogens (tertiary/aromatic N) is 1. The third-order valence-electron chi connectivity index (χ3n) is 5.93. The summed E-state index contributed by atoms with van der Waals surface area (Å²) in [4.78, 5) is 14.7. The third kappa shape index (κ3) is 2.31. The van der Waals surface area contributed by atoms with Gasteiger partial charge in [0.2, 0.25) is 5.91 Å². The Bertz CT molecular complexity index is 339. The fourth-order valence-electron chi connectivity index (χ4n) is 4.30. The number of hydrogen-bond donors (Lipinski definition) is 1. The van der Waals surface area contributed by atoms with Gasteiger partial charge in [0.05, 0.1) is 12.2 Å². The maximum Gasteiger partial charge on any atom is 0.240 e. The summed E-state index contributed by atoms with van der Waals surface area (Å²) in [6.07, 6.45) is 10.8. The van der Waals surface area contributed by atoms with Gasteiger partial charge in [-0.05, 0) is 50.4 Å². The largest absolute Gasteiger partial charge is 0.325 e. The van der Waals surface area contributed by atoms with Gasteiger partial charge in [-0.15, -0.1) is 0 Å². The van der Waals surface area contributed by atoms with Crippen LogP contribution in [0.25, 0.3) is 0 Å². The lowest BCUT2D eigenvalue weighted by Gasteiger charge is -2.45. The van der Waals surface area contributed by atoms with Crippen molar-refractivity contribution in [3.05, 3.63) is 0 Å². The molecule has 0 bridgehead atoms. The van der Waals surface area contributed by atoms with E-state index in [-0.39, 0.29) is 6.04 Å². The Balaban J connectivity index is 1.73. The zero-order valence-electron chi connectivity index (χ0n) is 12.5. The van der Waals surface area contributed by atoms with Gasteiger partial charge in [-0.3, -0.25) is 10.1 Å². The highest BCUT2D eigenvalue weighted by molar-refractivity contribution is 5.84. The van der Waals surface area contributed by atoms with Crippen LogP contribution in [0.2, 0.25) is 0 Å². The van der Waals surface area contributed by atoms with Gasteiger partial charge in [0, 0.05) is 6.54 Å². The van der Waals surface area contributed by atoms with E-state index in [1.165, 1.54) is 51.4 Å². The molecular formula is C16H28N2O. The van der Waals surface area contributed by atoms with Gasteiger partial charge < -0.3 is 4.90 Å². The first-order valence-electron chi connectivity index (χ1n) is 8.22. The molecule has 0 aromatic rings. The Morgan fingerprint density at radius 3 is 2.47 bits per heavy atom. The van der Waals surface area contributed by atoms with Crippen molar-refractivity contribution in [1.82, 2.24) is 10.2 Å². The lowest BCUT2D eigenvalue weighted by atomic mass is 9.66. The van der Waals surface area contributed by atoms with E-state index in [1.807, 2.05) is 6.92 Å². The summed E-state index contributed by atoms with van der Waals surface area (Å²) in [6, 6.07) is 0.0274. The first-order chi connectivity index (χ1) is 9.15. The highest BCUT2D eigenvalue weighted by Gasteiger charge is 2.46. The van der Waals surface area contributed by atoms with Crippen molar-refractivity contribution in [2.24, 2.45) is 11.3 Å². The minimum atomic E-state index is 0.0274. The molecule has 3 rings (SSSR count). The van der Waals surface area contributed by atoms with Gasteiger partial charge in [0.25, 0.3) is 0 Å². The van der Waals surface area contributed by atoms with Crippen molar-refractivity contribution >= 4 is 5.91 Å². The molecule has 3 nitrogen and oxygen atoms in total. The van der Waals surface area contributed by atoms with Crippen LogP contribution < -0.4 is 5.32 Å². The molecule has 0 radical (unpaired) electrons. The Labute approximate surface area is 117 Å². The summed E-state index contributed by atoms with van der Waals surface area (Å²) in [5.74, 6) is 1.04. The fraction of sp³-hybridized carbons (Fsp3) is 0.938. The quantitative estimate of drug-likeness (QED) is 0.847. The lowest BCUT2D eigenvalue weighted by Crippen LogP contribution is -2.49. The molecule has 2 unspecified atom stereocenters. The molecule has 1 N–H and O–H groups in total. The van der Waals surface area contributed by atoms with Gasteiger partial charge >= 0.3 is 0 Å². The molecule has 2 aliphatic carbocycles. The first-order valence-corrected chi connectivity index (χ1v) is 8.22. The molecule has 1 heterocycles. The first kappa shape index (κ1) is 13.4. The van der Waals surface area contributed by atoms with Crippen molar-refractivity contribution in [3.8, 4) is 0 Å². The molecule has 1 saturated heterocycles. The lowest BCUT2D eigenvalue weighted by molar-refractivity contribution is -0.133. The highest BCUT2D eigenvalue weighted by Crippen LogP contribution is 2.45. The van der Waals surface area contributed by atoms with Gasteiger partial charge in [-0.25, -0.2) is 0 Å². The average molecular weight is 264 g/mol. The van der Waals surface area contributed by atoms with E-state index in [0.29, 0.717) is 23.4 Å². The Morgan fingerprint density at radius 1 is 1.26 bits per heavy atom. The number of rotatable bonds is 4. The van der Waals surface area contributed by atoms with Gasteiger partial charge in [0.1, 0.15) is 0 Å². The number of amides is 1. The molecule has 0 aromatic heterocycles. The van der Waals surface area contributed by atoms with Gasteiger partial charge in [-0.1, -0.05) is 26.2 Å². The second kappa shape index (κ2) is 5.08. The Morgan fingerprint density at radius 2 is 1.95 bits per heavy atom. The van der Waals surface area contributed by atoms with Crippen LogP contribution in [-0.4, -0.2) is 29.6 Å². The third-order valence-corrected chi connectivity index (χ3v) is 5.93. The Hall–Kier alpha value is -0.570. The molecule has 1 amide bonds. The summed E-state index contributed by atoms with van der Waals surface area (Å²) in [5, 5.41) is 3.57. The number of carbonyl (C=O) groups excluding carboxylic acids is 1. The molecule has 2 atom stereocenters. The van der Waals surface area contributed by atoms with Crippen LogP contribution in [0.15, 0.2) is 0 Å². The van der Waals surface area contributed by atoms with Crippen LogP contribution in [0.3, 0.4) is 0 Å². The summed E-state index contributed by atoms with van der Waals surface area (Å²) < 4.78 is 0. The minimum Gasteiger partial charge on any atom is -0.325 e. The summed E-state index contributed by atoms with van der Waals surface area (Å²) >= 11 is 0. The monoisotopic (exact) mass is 264 g/mol. The molecule has 108 valence electrons. The topological polar surface area (TPSA) is 32.3 Å². The molecule has 3 heteroatoms. The van der Waals surface area contributed by atoms with E-state index in [9.17, 15) is 4.79 Å². The smallest absolute Gasteiger partial charge is 0.240 e. The predicted octanol–water partition coefficient (Wildman–Crippen LogP) is 2.90. The van der Waals surface area contributed by atoms with E-state index >= 15 is 0 Å². The normalized spacial score (nSPS) is 34.8. The maximum absolute atomic E-state index is 12.5. The van der Waals surface area contributed by atoms with E-state index in [2.05, 4.69) is 17.1 Å². The standard InChI is InChI=1S/C16H28N2O/c1-3-16(9-6-10-16)11-18-14(13-7-4-5-8-13)17-12(2)15(18)19/h12-14,17H,3-11H2,1-2H3. The molecule has 0 spiro atoms. The van der Waals surface area contributed by atoms with Gasteiger partial charge in [-0.2, -0.15) is 0 Å². The van der Waals surface area contributed by atoms with Crippen LogP contribution in [0.5, 0.6) is 0 Å². The molecule has 3 fully saturated rings. The van der Waals surface area contributed by atoms with Crippen molar-refractivity contribution in [2.45, 2.75) is 77.4 Å². The Kier molecular flexibility index (Phi) is 3.59. The second-order valence-electron chi connectivity index (χ2n) is 7.05. The van der Waals surface area contributed by atoms with Crippen LogP contribution in [-0.2, 0) is 4.79 Å². The maximum atomic E-state index is 12.5. The average Bonchev–Trinajstić information content (AvgIpc) is 2.96. The van der Waals surface area contributed by atoms with Gasteiger partial charge in [0.15, 0.2) is 0 Å². The summed E-state index contributed by atoms with van der Waals surface area (Å²) in [7, 11) is 0. The number of carbonyl (C=O) groups is 1. The van der Waals surface area contributed by atoms with Crippen LogP contribution in [0.4, 0.5) is 0 Å². The summed E-state index contributed by atoms with van der Waals surface area (Å²) in [6.45, 7) is 5.33. The zero-order valence-corrected chi connectivity index (χ0v) is 12.5. The summed E-state index contributed by atoms with van der Waals surface area (Å²) in [5.41, 5.74) is 0.443. The molecule has 19 heavy (non-hydrogen) atoms. The molecule has 3 aliphatic rings. The van der Waals surface area contributed by atoms with Crippen molar-refractivity contribution in [1.29, 1.82) is 0 Å². The van der Waals surface area contributed by atoms with Crippen molar-refractivity contribution in [2.75, 3.05) is 6.54 Å². The molecule has 1 aliphatic heterocycles. The molecule has 2 saturated carbocycles. The highest BCUT2D eigenvalue weighted by atomic mass is 16.2. The minimum absolute atomic E-state index is 0.0274. The van der Waals surface area contributed by atoms with E-state index in [4.69, 9.17) is 0 Å². The predicted molar refractivity (Wildman–Crippen MR) is 76.6 cm³/mol. The van der Waals surface area contributed by atoms with Crippen LogP contribution in [0.1, 0.15) is 65.2 Å². The zero-order chi connectivity index (χ0) is 13.5. The van der Waals surface area contributed by atoms with Crippen molar-refractivity contribution < 1.29 is 4.79 Å². The van der Waals surface area contributed by atoms with E-state index in [0.717, 1.165) is 6.54 Å². The molecule has 0 aromatic carbocycles. The number of nitrogens with one attached hydrogen (secondary N) is 1. The second-order valence-corrected chi connectivity index (χ2v) is 7.05.